The molecule has 0 amide bonds. The number of rotatable bonds is 3. The standard InChI is InChI=1S/C15H18O/c1-12-7-5-6-10-14(12)15(16)11-13-8-3-2-4-9-13/h2-6,8-9,12,14H,7,10-11H2,1H3. The highest BCUT2D eigenvalue weighted by Gasteiger charge is 2.24. The van der Waals surface area contributed by atoms with Gasteiger partial charge in [-0.15, -0.1) is 0 Å². The topological polar surface area (TPSA) is 17.1 Å². The third kappa shape index (κ3) is 2.60. The molecule has 1 aliphatic rings. The Labute approximate surface area is 97.2 Å². The molecule has 0 saturated heterocycles. The number of carbonyl (C=O) groups excluding carboxylic acids is 1. The van der Waals surface area contributed by atoms with Crippen LogP contribution >= 0.6 is 0 Å². The van der Waals surface area contributed by atoms with Crippen LogP contribution in [0.4, 0.5) is 0 Å². The molecule has 1 aromatic rings. The molecule has 16 heavy (non-hydrogen) atoms. The van der Waals surface area contributed by atoms with Crippen LogP contribution in [0.1, 0.15) is 25.3 Å². The van der Waals surface area contributed by atoms with Gasteiger partial charge in [0.15, 0.2) is 0 Å². The summed E-state index contributed by atoms with van der Waals surface area (Å²) in [5.74, 6) is 1.12. The van der Waals surface area contributed by atoms with E-state index in [0.717, 1.165) is 18.4 Å². The molecule has 0 heterocycles. The van der Waals surface area contributed by atoms with Gasteiger partial charge in [-0.05, 0) is 24.3 Å². The summed E-state index contributed by atoms with van der Waals surface area (Å²) in [5.41, 5.74) is 1.13. The molecule has 84 valence electrons. The maximum atomic E-state index is 12.1. The van der Waals surface area contributed by atoms with Crippen LogP contribution in [0.5, 0.6) is 0 Å². The second-order valence-electron chi connectivity index (χ2n) is 4.66. The Balaban J connectivity index is 2.00. The average Bonchev–Trinajstić information content (AvgIpc) is 2.31. The van der Waals surface area contributed by atoms with E-state index < -0.39 is 0 Å². The van der Waals surface area contributed by atoms with Gasteiger partial charge in [-0.1, -0.05) is 49.4 Å². The zero-order valence-electron chi connectivity index (χ0n) is 9.73. The number of Topliss-reactive ketones (excluding diaryl/α,β-unsaturated/α-hetero) is 1. The Kier molecular flexibility index (Phi) is 3.55. The molecule has 1 aliphatic carbocycles. The third-order valence-corrected chi connectivity index (χ3v) is 3.39. The van der Waals surface area contributed by atoms with Gasteiger partial charge in [-0.25, -0.2) is 0 Å². The second kappa shape index (κ2) is 5.11. The van der Waals surface area contributed by atoms with E-state index in [-0.39, 0.29) is 5.92 Å². The van der Waals surface area contributed by atoms with Gasteiger partial charge in [0, 0.05) is 12.3 Å². The van der Waals surface area contributed by atoms with Crippen molar-refractivity contribution < 1.29 is 4.79 Å². The lowest BCUT2D eigenvalue weighted by atomic mass is 9.80. The number of carbonyl (C=O) groups is 1. The number of hydrogen-bond donors (Lipinski definition) is 0. The molecule has 0 radical (unpaired) electrons. The molecule has 1 aromatic carbocycles. The van der Waals surface area contributed by atoms with Crippen molar-refractivity contribution in [2.75, 3.05) is 0 Å². The highest BCUT2D eigenvalue weighted by molar-refractivity contribution is 5.83. The minimum absolute atomic E-state index is 0.227. The van der Waals surface area contributed by atoms with E-state index in [4.69, 9.17) is 0 Å². The zero-order valence-corrected chi connectivity index (χ0v) is 9.73. The van der Waals surface area contributed by atoms with Gasteiger partial charge in [0.25, 0.3) is 0 Å². The zero-order chi connectivity index (χ0) is 11.4. The highest BCUT2D eigenvalue weighted by atomic mass is 16.1. The quantitative estimate of drug-likeness (QED) is 0.705. The summed E-state index contributed by atoms with van der Waals surface area (Å²) in [5, 5.41) is 0. The minimum atomic E-state index is 0.227. The summed E-state index contributed by atoms with van der Waals surface area (Å²) in [4.78, 5) is 12.1. The van der Waals surface area contributed by atoms with Crippen molar-refractivity contribution in [3.05, 3.63) is 48.0 Å². The van der Waals surface area contributed by atoms with E-state index >= 15 is 0 Å². The number of allylic oxidation sites excluding steroid dienone is 2. The molecule has 1 heteroatoms. The lowest BCUT2D eigenvalue weighted by molar-refractivity contribution is -0.123. The lowest BCUT2D eigenvalue weighted by Gasteiger charge is -2.23. The molecule has 0 saturated carbocycles. The first-order valence-corrected chi connectivity index (χ1v) is 5.99. The van der Waals surface area contributed by atoms with E-state index in [0.29, 0.717) is 18.1 Å². The molecule has 0 N–H and O–H groups in total. The molecule has 0 fully saturated rings. The summed E-state index contributed by atoms with van der Waals surface area (Å²) in [6, 6.07) is 10.0. The fourth-order valence-corrected chi connectivity index (χ4v) is 2.33. The van der Waals surface area contributed by atoms with Gasteiger partial charge >= 0.3 is 0 Å². The summed E-state index contributed by atoms with van der Waals surface area (Å²) < 4.78 is 0. The number of ketones is 1. The van der Waals surface area contributed by atoms with E-state index in [9.17, 15) is 4.79 Å². The maximum Gasteiger partial charge on any atom is 0.140 e. The molecule has 0 aliphatic heterocycles. The van der Waals surface area contributed by atoms with Crippen LogP contribution in [-0.4, -0.2) is 5.78 Å². The average molecular weight is 214 g/mol. The Bertz CT molecular complexity index is 378. The predicted octanol–water partition coefficient (Wildman–Crippen LogP) is 3.40. The molecule has 0 spiro atoms. The molecule has 1 nitrogen and oxygen atoms in total. The van der Waals surface area contributed by atoms with Crippen LogP contribution in [0.15, 0.2) is 42.5 Å². The van der Waals surface area contributed by atoms with E-state index in [1.807, 2.05) is 30.3 Å². The van der Waals surface area contributed by atoms with Gasteiger partial charge in [0.1, 0.15) is 5.78 Å². The van der Waals surface area contributed by atoms with Crippen molar-refractivity contribution in [2.24, 2.45) is 11.8 Å². The van der Waals surface area contributed by atoms with Crippen molar-refractivity contribution >= 4 is 5.78 Å². The van der Waals surface area contributed by atoms with Crippen LogP contribution in [0.2, 0.25) is 0 Å². The van der Waals surface area contributed by atoms with Crippen molar-refractivity contribution in [1.29, 1.82) is 0 Å². The van der Waals surface area contributed by atoms with Gasteiger partial charge in [-0.3, -0.25) is 4.79 Å². The Morgan fingerprint density at radius 1 is 1.19 bits per heavy atom. The van der Waals surface area contributed by atoms with Crippen molar-refractivity contribution in [2.45, 2.75) is 26.2 Å². The summed E-state index contributed by atoms with van der Waals surface area (Å²) >= 11 is 0. The number of hydrogen-bond acceptors (Lipinski definition) is 1. The normalized spacial score (nSPS) is 24.3. The smallest absolute Gasteiger partial charge is 0.140 e. The Morgan fingerprint density at radius 3 is 2.56 bits per heavy atom. The summed E-state index contributed by atoms with van der Waals surface area (Å²) in [6.45, 7) is 2.18. The predicted molar refractivity (Wildman–Crippen MR) is 66.2 cm³/mol. The summed E-state index contributed by atoms with van der Waals surface area (Å²) in [7, 11) is 0. The monoisotopic (exact) mass is 214 g/mol. The fourth-order valence-electron chi connectivity index (χ4n) is 2.33. The van der Waals surface area contributed by atoms with Crippen LogP contribution in [0.3, 0.4) is 0 Å². The SMILES string of the molecule is CC1CC=CCC1C(=O)Cc1ccccc1. The van der Waals surface area contributed by atoms with Crippen molar-refractivity contribution in [1.82, 2.24) is 0 Å². The molecule has 2 atom stereocenters. The van der Waals surface area contributed by atoms with E-state index in [1.54, 1.807) is 0 Å². The number of benzene rings is 1. The lowest BCUT2D eigenvalue weighted by Crippen LogP contribution is -2.24. The van der Waals surface area contributed by atoms with Gasteiger partial charge in [0.2, 0.25) is 0 Å². The molecule has 0 aromatic heterocycles. The van der Waals surface area contributed by atoms with Crippen LogP contribution in [0.25, 0.3) is 0 Å². The molecular formula is C15H18O. The van der Waals surface area contributed by atoms with Crippen LogP contribution in [0, 0.1) is 11.8 Å². The Morgan fingerprint density at radius 2 is 1.88 bits per heavy atom. The molecular weight excluding hydrogens is 196 g/mol. The molecule has 2 rings (SSSR count). The molecule has 2 unspecified atom stereocenters. The van der Waals surface area contributed by atoms with Crippen molar-refractivity contribution in [3.8, 4) is 0 Å². The van der Waals surface area contributed by atoms with Gasteiger partial charge in [0.05, 0.1) is 0 Å². The van der Waals surface area contributed by atoms with E-state index in [2.05, 4.69) is 19.1 Å². The fraction of sp³-hybridized carbons (Fsp3) is 0.400. The first kappa shape index (κ1) is 11.1. The second-order valence-corrected chi connectivity index (χ2v) is 4.66. The van der Waals surface area contributed by atoms with Crippen molar-refractivity contribution in [3.63, 3.8) is 0 Å². The van der Waals surface area contributed by atoms with Crippen LogP contribution in [-0.2, 0) is 11.2 Å². The first-order chi connectivity index (χ1) is 7.77. The molecule has 0 bridgehead atoms. The van der Waals surface area contributed by atoms with Gasteiger partial charge < -0.3 is 0 Å². The van der Waals surface area contributed by atoms with E-state index in [1.165, 1.54) is 0 Å². The van der Waals surface area contributed by atoms with Crippen LogP contribution < -0.4 is 0 Å². The van der Waals surface area contributed by atoms with Gasteiger partial charge in [-0.2, -0.15) is 0 Å². The minimum Gasteiger partial charge on any atom is -0.299 e. The highest BCUT2D eigenvalue weighted by Crippen LogP contribution is 2.26. The summed E-state index contributed by atoms with van der Waals surface area (Å²) in [6.07, 6.45) is 6.90. The third-order valence-electron chi connectivity index (χ3n) is 3.39. The maximum absolute atomic E-state index is 12.1. The largest absolute Gasteiger partial charge is 0.299 e. The first-order valence-electron chi connectivity index (χ1n) is 5.99. The Hall–Kier alpha value is -1.37.